The molecule has 1 aromatic heterocycles. The molecule has 3 aromatic rings. The van der Waals surface area contributed by atoms with Crippen LogP contribution in [0.2, 0.25) is 0 Å². The molecule has 2 heterocycles. The molecule has 1 N–H and O–H groups in total. The van der Waals surface area contributed by atoms with Crippen LogP contribution in [0.15, 0.2) is 67.0 Å². The summed E-state index contributed by atoms with van der Waals surface area (Å²) >= 11 is 0. The quantitative estimate of drug-likeness (QED) is 0.640. The van der Waals surface area contributed by atoms with Crippen molar-refractivity contribution in [2.75, 3.05) is 16.8 Å². The molecule has 4 rings (SSSR count). The van der Waals surface area contributed by atoms with Crippen LogP contribution in [0.1, 0.15) is 27.9 Å². The van der Waals surface area contributed by atoms with Gasteiger partial charge in [-0.2, -0.15) is 13.2 Å². The summed E-state index contributed by atoms with van der Waals surface area (Å²) in [5.74, 6) is -0.183. The molecule has 0 spiro atoms. The van der Waals surface area contributed by atoms with Gasteiger partial charge in [0.2, 0.25) is 0 Å². The topological polar surface area (TPSA) is 45.2 Å². The van der Waals surface area contributed by atoms with E-state index in [0.717, 1.165) is 36.2 Å². The Hall–Kier alpha value is -3.35. The van der Waals surface area contributed by atoms with Gasteiger partial charge >= 0.3 is 6.18 Å². The van der Waals surface area contributed by atoms with E-state index in [1.165, 1.54) is 24.5 Å². The number of rotatable bonds is 3. The van der Waals surface area contributed by atoms with Crippen LogP contribution in [0.3, 0.4) is 0 Å². The van der Waals surface area contributed by atoms with Crippen LogP contribution in [0, 0.1) is 0 Å². The third kappa shape index (κ3) is 4.08. The van der Waals surface area contributed by atoms with Gasteiger partial charge in [-0.05, 0) is 48.7 Å². The van der Waals surface area contributed by atoms with Gasteiger partial charge in [0.05, 0.1) is 23.0 Å². The summed E-state index contributed by atoms with van der Waals surface area (Å²) in [7, 11) is 0. The normalized spacial score (nSPS) is 13.7. The Kier molecular flexibility index (Phi) is 4.96. The van der Waals surface area contributed by atoms with Gasteiger partial charge in [-0.15, -0.1) is 0 Å². The first-order chi connectivity index (χ1) is 13.9. The number of nitrogens with zero attached hydrogens (tertiary/aromatic N) is 2. The number of benzene rings is 2. The number of para-hydroxylation sites is 1. The summed E-state index contributed by atoms with van der Waals surface area (Å²) in [5, 5.41) is 2.90. The lowest BCUT2D eigenvalue weighted by atomic mass is 10.0. The number of anilines is 3. The first kappa shape index (κ1) is 19.0. The molecule has 7 heteroatoms. The number of carbonyl (C=O) groups is 1. The van der Waals surface area contributed by atoms with Gasteiger partial charge in [0.15, 0.2) is 0 Å². The largest absolute Gasteiger partial charge is 0.416 e. The second kappa shape index (κ2) is 7.58. The molecule has 1 aliphatic heterocycles. The average Bonchev–Trinajstić information content (AvgIpc) is 2.72. The molecule has 0 bridgehead atoms. The van der Waals surface area contributed by atoms with Crippen LogP contribution in [0.5, 0.6) is 0 Å². The maximum atomic E-state index is 13.1. The van der Waals surface area contributed by atoms with Crippen molar-refractivity contribution in [3.63, 3.8) is 0 Å². The predicted octanol–water partition coefficient (Wildman–Crippen LogP) is 5.44. The van der Waals surface area contributed by atoms with Crippen molar-refractivity contribution in [3.05, 3.63) is 83.7 Å². The summed E-state index contributed by atoms with van der Waals surface area (Å²) < 4.78 is 38.7. The number of halogens is 3. The van der Waals surface area contributed by atoms with Gasteiger partial charge in [0.1, 0.15) is 0 Å². The molecule has 4 nitrogen and oxygen atoms in total. The maximum Gasteiger partial charge on any atom is 0.416 e. The monoisotopic (exact) mass is 397 g/mol. The van der Waals surface area contributed by atoms with Gasteiger partial charge in [-0.1, -0.05) is 24.3 Å². The Bertz CT molecular complexity index is 1050. The number of hydrogen-bond acceptors (Lipinski definition) is 3. The lowest BCUT2D eigenvalue weighted by Crippen LogP contribution is -2.35. The molecule has 0 aliphatic carbocycles. The summed E-state index contributed by atoms with van der Waals surface area (Å²) in [6, 6.07) is 14.3. The number of amides is 1. The number of aromatic nitrogens is 1. The highest BCUT2D eigenvalue weighted by molar-refractivity contribution is 6.07. The molecular formula is C22H18F3N3O. The number of hydrogen-bond donors (Lipinski definition) is 1. The zero-order valence-electron chi connectivity index (χ0n) is 15.4. The van der Waals surface area contributed by atoms with Crippen LogP contribution >= 0.6 is 0 Å². The molecule has 0 atom stereocenters. The molecule has 0 fully saturated rings. The first-order valence-electron chi connectivity index (χ1n) is 9.21. The summed E-state index contributed by atoms with van der Waals surface area (Å²) in [4.78, 5) is 18.9. The van der Waals surface area contributed by atoms with Crippen LogP contribution < -0.4 is 10.2 Å². The highest BCUT2D eigenvalue weighted by Crippen LogP contribution is 2.32. The number of aryl methyl sites for hydroxylation is 1. The van der Waals surface area contributed by atoms with Crippen molar-refractivity contribution in [3.8, 4) is 0 Å². The van der Waals surface area contributed by atoms with Crippen LogP contribution in [-0.4, -0.2) is 17.4 Å². The molecule has 2 aromatic carbocycles. The van der Waals surface area contributed by atoms with E-state index in [4.69, 9.17) is 0 Å². The van der Waals surface area contributed by atoms with Gasteiger partial charge in [-0.25, -0.2) is 0 Å². The van der Waals surface area contributed by atoms with Crippen LogP contribution in [0.25, 0.3) is 0 Å². The van der Waals surface area contributed by atoms with E-state index in [-0.39, 0.29) is 11.6 Å². The van der Waals surface area contributed by atoms with Crippen molar-refractivity contribution in [2.24, 2.45) is 0 Å². The fourth-order valence-electron chi connectivity index (χ4n) is 3.47. The minimum Gasteiger partial charge on any atom is -0.354 e. The molecule has 0 saturated heterocycles. The zero-order valence-corrected chi connectivity index (χ0v) is 15.4. The SMILES string of the molecule is O=C(c1cncc(Nc2cccc(C(F)(F)F)c2)c1)N1CCCc2ccccc21. The Morgan fingerprint density at radius 1 is 1.00 bits per heavy atom. The average molecular weight is 397 g/mol. The smallest absolute Gasteiger partial charge is 0.354 e. The van der Waals surface area contributed by atoms with Gasteiger partial charge < -0.3 is 10.2 Å². The second-order valence-electron chi connectivity index (χ2n) is 6.85. The number of fused-ring (bicyclic) bond motifs is 1. The van der Waals surface area contributed by atoms with E-state index in [9.17, 15) is 18.0 Å². The summed E-state index contributed by atoms with van der Waals surface area (Å²) in [6.07, 6.45) is 0.321. The lowest BCUT2D eigenvalue weighted by molar-refractivity contribution is -0.137. The van der Waals surface area contributed by atoms with Crippen molar-refractivity contribution in [2.45, 2.75) is 19.0 Å². The van der Waals surface area contributed by atoms with E-state index >= 15 is 0 Å². The second-order valence-corrected chi connectivity index (χ2v) is 6.85. The van der Waals surface area contributed by atoms with Crippen molar-refractivity contribution in [1.29, 1.82) is 0 Å². The highest BCUT2D eigenvalue weighted by atomic mass is 19.4. The Labute approximate surface area is 166 Å². The number of carbonyl (C=O) groups excluding carboxylic acids is 1. The van der Waals surface area contributed by atoms with Crippen molar-refractivity contribution < 1.29 is 18.0 Å². The molecule has 1 aliphatic rings. The Balaban J connectivity index is 1.58. The summed E-state index contributed by atoms with van der Waals surface area (Å²) in [5.41, 5.74) is 2.36. The lowest BCUT2D eigenvalue weighted by Gasteiger charge is -2.29. The van der Waals surface area contributed by atoms with E-state index in [1.54, 1.807) is 11.0 Å². The molecule has 0 radical (unpaired) electrons. The number of alkyl halides is 3. The van der Waals surface area contributed by atoms with E-state index < -0.39 is 11.7 Å². The fraction of sp³-hybridized carbons (Fsp3) is 0.182. The number of pyridine rings is 1. The third-order valence-electron chi connectivity index (χ3n) is 4.82. The van der Waals surface area contributed by atoms with E-state index in [2.05, 4.69) is 10.3 Å². The molecule has 148 valence electrons. The predicted molar refractivity (Wildman–Crippen MR) is 105 cm³/mol. The highest BCUT2D eigenvalue weighted by Gasteiger charge is 2.30. The molecule has 29 heavy (non-hydrogen) atoms. The molecular weight excluding hydrogens is 379 g/mol. The van der Waals surface area contributed by atoms with Gasteiger partial charge in [-0.3, -0.25) is 9.78 Å². The minimum absolute atomic E-state index is 0.183. The number of nitrogens with one attached hydrogen (secondary N) is 1. The third-order valence-corrected chi connectivity index (χ3v) is 4.82. The van der Waals surface area contributed by atoms with Crippen molar-refractivity contribution in [1.82, 2.24) is 4.98 Å². The zero-order chi connectivity index (χ0) is 20.4. The van der Waals surface area contributed by atoms with Crippen LogP contribution in [0.4, 0.5) is 30.2 Å². The first-order valence-corrected chi connectivity index (χ1v) is 9.21. The molecule has 0 unspecified atom stereocenters. The minimum atomic E-state index is -4.42. The maximum absolute atomic E-state index is 13.1. The van der Waals surface area contributed by atoms with E-state index in [0.29, 0.717) is 17.8 Å². The van der Waals surface area contributed by atoms with E-state index in [1.807, 2.05) is 24.3 Å². The Morgan fingerprint density at radius 2 is 1.83 bits per heavy atom. The molecule has 0 saturated carbocycles. The molecule has 1 amide bonds. The van der Waals surface area contributed by atoms with Crippen LogP contribution in [-0.2, 0) is 12.6 Å². The summed E-state index contributed by atoms with van der Waals surface area (Å²) in [6.45, 7) is 0.612. The van der Waals surface area contributed by atoms with Crippen molar-refractivity contribution >= 4 is 23.0 Å². The van der Waals surface area contributed by atoms with Gasteiger partial charge in [0.25, 0.3) is 5.91 Å². The Morgan fingerprint density at radius 3 is 2.66 bits per heavy atom. The fourth-order valence-corrected chi connectivity index (χ4v) is 3.47. The van der Waals surface area contributed by atoms with Gasteiger partial charge in [0, 0.05) is 24.1 Å². The standard InChI is InChI=1S/C22H18F3N3O/c23-22(24,25)17-7-3-8-18(12-17)27-19-11-16(13-26-14-19)21(29)28-10-4-6-15-5-1-2-9-20(15)28/h1-3,5,7-9,11-14,27H,4,6,10H2.